The molecule has 0 radical (unpaired) electrons. The highest BCUT2D eigenvalue weighted by Gasteiger charge is 2.34. The van der Waals surface area contributed by atoms with E-state index in [-0.39, 0.29) is 23.4 Å². The number of aromatic amines is 1. The number of para-hydroxylation sites is 1. The summed E-state index contributed by atoms with van der Waals surface area (Å²) in [7, 11) is 0. The van der Waals surface area contributed by atoms with Crippen molar-refractivity contribution in [3.05, 3.63) is 137 Å². The second kappa shape index (κ2) is 11.6. The first-order valence-corrected chi connectivity index (χ1v) is 14.1. The molecular weight excluding hydrogens is 548 g/mol. The van der Waals surface area contributed by atoms with Gasteiger partial charge < -0.3 is 15.6 Å². The Morgan fingerprint density at radius 1 is 0.810 bits per heavy atom. The number of nitrogens with zero attached hydrogens (tertiary/aromatic N) is 1. The van der Waals surface area contributed by atoms with Crippen molar-refractivity contribution in [2.24, 2.45) is 0 Å². The van der Waals surface area contributed by atoms with Gasteiger partial charge >= 0.3 is 0 Å². The molecule has 6 rings (SSSR count). The quantitative estimate of drug-likeness (QED) is 0.121. The summed E-state index contributed by atoms with van der Waals surface area (Å²) in [5, 5.41) is 6.53. The largest absolute Gasteiger partial charge is 0.361 e. The lowest BCUT2D eigenvalue weighted by Crippen LogP contribution is -2.30. The van der Waals surface area contributed by atoms with Crippen LogP contribution in [0.25, 0.3) is 17.0 Å². The van der Waals surface area contributed by atoms with Crippen LogP contribution >= 0.6 is 11.8 Å². The fourth-order valence-corrected chi connectivity index (χ4v) is 5.57. The number of rotatable bonds is 8. The van der Waals surface area contributed by atoms with Crippen LogP contribution in [0.4, 0.5) is 5.69 Å². The Kier molecular flexibility index (Phi) is 7.40. The zero-order valence-electron chi connectivity index (χ0n) is 22.2. The Bertz CT molecular complexity index is 1840. The molecule has 0 fully saturated rings. The molecule has 4 aromatic carbocycles. The van der Waals surface area contributed by atoms with E-state index in [0.29, 0.717) is 22.4 Å². The van der Waals surface area contributed by atoms with Crippen molar-refractivity contribution in [1.82, 2.24) is 15.2 Å². The summed E-state index contributed by atoms with van der Waals surface area (Å²) in [6, 6.07) is 30.2. The van der Waals surface area contributed by atoms with E-state index in [9.17, 15) is 19.2 Å². The molecule has 206 valence electrons. The van der Waals surface area contributed by atoms with Crippen LogP contribution in [0.15, 0.2) is 120 Å². The highest BCUT2D eigenvalue weighted by atomic mass is 32.2. The first-order valence-electron chi connectivity index (χ1n) is 13.1. The number of anilines is 1. The summed E-state index contributed by atoms with van der Waals surface area (Å²) >= 11 is 1.30. The Labute approximate surface area is 245 Å². The fourth-order valence-electron chi connectivity index (χ4n) is 4.67. The molecule has 0 aliphatic carbocycles. The van der Waals surface area contributed by atoms with E-state index in [2.05, 4.69) is 15.6 Å². The van der Waals surface area contributed by atoms with Crippen LogP contribution in [0.3, 0.4) is 0 Å². The molecule has 42 heavy (non-hydrogen) atoms. The lowest BCUT2D eigenvalue weighted by atomic mass is 10.1. The minimum Gasteiger partial charge on any atom is -0.361 e. The van der Waals surface area contributed by atoms with E-state index in [0.717, 1.165) is 21.4 Å². The molecule has 0 unspecified atom stereocenters. The number of amides is 4. The van der Waals surface area contributed by atoms with Gasteiger partial charge in [0.2, 0.25) is 0 Å². The zero-order chi connectivity index (χ0) is 29.1. The van der Waals surface area contributed by atoms with Crippen molar-refractivity contribution >= 4 is 58.1 Å². The van der Waals surface area contributed by atoms with E-state index >= 15 is 0 Å². The minimum atomic E-state index is -0.507. The van der Waals surface area contributed by atoms with Gasteiger partial charge in [-0.3, -0.25) is 24.1 Å². The second-order valence-electron chi connectivity index (χ2n) is 9.51. The first kappa shape index (κ1) is 26.8. The predicted molar refractivity (Wildman–Crippen MR) is 163 cm³/mol. The summed E-state index contributed by atoms with van der Waals surface area (Å²) < 4.78 is 0. The normalized spacial score (nSPS) is 12.9. The Morgan fingerprint density at radius 3 is 2.26 bits per heavy atom. The molecule has 1 aliphatic heterocycles. The Morgan fingerprint density at radius 2 is 1.50 bits per heavy atom. The number of carbonyl (C=O) groups is 4. The van der Waals surface area contributed by atoms with Gasteiger partial charge in [0, 0.05) is 38.8 Å². The third kappa shape index (κ3) is 5.45. The van der Waals surface area contributed by atoms with Crippen molar-refractivity contribution < 1.29 is 19.2 Å². The number of hydrogen-bond donors (Lipinski definition) is 3. The number of imide groups is 1. The van der Waals surface area contributed by atoms with E-state index in [1.54, 1.807) is 79.0 Å². The van der Waals surface area contributed by atoms with Gasteiger partial charge in [0.25, 0.3) is 23.6 Å². The van der Waals surface area contributed by atoms with E-state index < -0.39 is 11.8 Å². The fraction of sp³-hybridized carbons (Fsp3) is 0.0303. The molecule has 3 N–H and O–H groups in total. The summed E-state index contributed by atoms with van der Waals surface area (Å²) in [5.74, 6) is -1.44. The van der Waals surface area contributed by atoms with E-state index in [1.165, 1.54) is 16.7 Å². The van der Waals surface area contributed by atoms with Crippen molar-refractivity contribution in [1.29, 1.82) is 0 Å². The first-order chi connectivity index (χ1) is 20.5. The number of carbonyl (C=O) groups excluding carboxylic acids is 4. The summed E-state index contributed by atoms with van der Waals surface area (Å²) in [6.45, 7) is 0. The van der Waals surface area contributed by atoms with Gasteiger partial charge in [-0.05, 0) is 54.6 Å². The van der Waals surface area contributed by atoms with Gasteiger partial charge in [-0.1, -0.05) is 54.6 Å². The Balaban J connectivity index is 1.21. The molecule has 8 nitrogen and oxygen atoms in total. The smallest absolute Gasteiger partial charge is 0.272 e. The van der Waals surface area contributed by atoms with Crippen molar-refractivity contribution in [2.45, 2.75) is 4.90 Å². The number of benzene rings is 4. The van der Waals surface area contributed by atoms with Crippen LogP contribution < -0.4 is 10.6 Å². The maximum Gasteiger partial charge on any atom is 0.272 e. The van der Waals surface area contributed by atoms with Crippen molar-refractivity contribution in [3.63, 3.8) is 0 Å². The topological polar surface area (TPSA) is 111 Å². The van der Waals surface area contributed by atoms with Crippen LogP contribution in [-0.4, -0.2) is 39.4 Å². The molecule has 0 spiro atoms. The van der Waals surface area contributed by atoms with Crippen LogP contribution in [0.1, 0.15) is 36.6 Å². The molecule has 9 heteroatoms. The highest BCUT2D eigenvalue weighted by Crippen LogP contribution is 2.28. The molecule has 2 heterocycles. The lowest BCUT2D eigenvalue weighted by molar-refractivity contribution is -0.113. The van der Waals surface area contributed by atoms with E-state index in [1.807, 2.05) is 36.4 Å². The average Bonchev–Trinajstić information content (AvgIpc) is 3.54. The maximum atomic E-state index is 13.5. The second-order valence-corrected chi connectivity index (χ2v) is 10.5. The molecule has 5 aromatic rings. The van der Waals surface area contributed by atoms with Crippen LogP contribution in [0, 0.1) is 0 Å². The lowest BCUT2D eigenvalue weighted by Gasteiger charge is -2.14. The third-order valence-corrected chi connectivity index (χ3v) is 7.75. The number of hydrogen-bond acceptors (Lipinski definition) is 5. The van der Waals surface area contributed by atoms with Crippen molar-refractivity contribution in [3.8, 4) is 0 Å². The number of nitrogens with one attached hydrogen (secondary N) is 3. The number of fused-ring (bicyclic) bond motifs is 2. The van der Waals surface area contributed by atoms with E-state index in [4.69, 9.17) is 0 Å². The van der Waals surface area contributed by atoms with Gasteiger partial charge in [-0.15, -0.1) is 11.8 Å². The molecule has 0 bridgehead atoms. The molecule has 1 aromatic heterocycles. The SMILES string of the molecule is O=C(Nc1cccc(SCN2C(=O)c3ccccc3C2=O)c1)/C(=C\c1c[nH]c2ccccc12)NC(=O)c1ccccc1. The van der Waals surface area contributed by atoms with Crippen LogP contribution in [0.5, 0.6) is 0 Å². The average molecular weight is 573 g/mol. The Hall–Kier alpha value is -5.41. The number of H-pyrrole nitrogens is 1. The summed E-state index contributed by atoms with van der Waals surface area (Å²) in [4.78, 5) is 57.1. The van der Waals surface area contributed by atoms with Gasteiger partial charge in [-0.25, -0.2) is 0 Å². The molecule has 0 saturated heterocycles. The number of thioether (sulfide) groups is 1. The van der Waals surface area contributed by atoms with Crippen LogP contribution in [-0.2, 0) is 4.79 Å². The van der Waals surface area contributed by atoms with Gasteiger partial charge in [0.15, 0.2) is 0 Å². The minimum absolute atomic E-state index is 0.0673. The van der Waals surface area contributed by atoms with Crippen LogP contribution in [0.2, 0.25) is 0 Å². The number of aromatic nitrogens is 1. The molecule has 1 aliphatic rings. The zero-order valence-corrected chi connectivity index (χ0v) is 23.0. The third-order valence-electron chi connectivity index (χ3n) is 6.78. The monoisotopic (exact) mass is 572 g/mol. The summed E-state index contributed by atoms with van der Waals surface area (Å²) in [6.07, 6.45) is 3.42. The standard InChI is InChI=1S/C33H24N4O4S/c38-30(21-9-2-1-3-10-21)36-29(17-22-19-34-28-16-7-6-13-25(22)28)31(39)35-23-11-8-12-24(18-23)42-20-37-32(40)26-14-4-5-15-27(26)33(37)41/h1-19,34H,20H2,(H,35,39)(H,36,38)/b29-17+. The van der Waals surface area contributed by atoms with Gasteiger partial charge in [0.05, 0.1) is 17.0 Å². The molecule has 0 saturated carbocycles. The maximum absolute atomic E-state index is 13.5. The van der Waals surface area contributed by atoms with Gasteiger partial charge in [-0.2, -0.15) is 0 Å². The molecule has 4 amide bonds. The predicted octanol–water partition coefficient (Wildman–Crippen LogP) is 5.92. The molecule has 0 atom stereocenters. The molecular formula is C33H24N4O4S. The van der Waals surface area contributed by atoms with Gasteiger partial charge in [0.1, 0.15) is 5.70 Å². The van der Waals surface area contributed by atoms with Crippen molar-refractivity contribution in [2.75, 3.05) is 11.2 Å². The highest BCUT2D eigenvalue weighted by molar-refractivity contribution is 7.99. The summed E-state index contributed by atoms with van der Waals surface area (Å²) in [5.41, 5.74) is 3.42.